The SMILES string of the molecule is CCCC[N+](C)(C)CCC[N+](C)(C)C.CCCC[N+](CC)(CC)CCC[N+](C)(C)C.[Br-].[Br-].[Cl-].[Cl-]. The molecular weight excluding hydrogens is 599 g/mol. The summed E-state index contributed by atoms with van der Waals surface area (Å²) in [6.45, 7) is 19.8. The van der Waals surface area contributed by atoms with Crippen molar-refractivity contribution >= 4 is 0 Å². The molecule has 0 radical (unpaired) electrons. The Hall–Kier alpha value is 1.38. The second-order valence-electron chi connectivity index (χ2n) is 12.2. The van der Waals surface area contributed by atoms with Gasteiger partial charge in [0, 0.05) is 12.8 Å². The Morgan fingerprint density at radius 1 is 0.412 bits per heavy atom. The quantitative estimate of drug-likeness (QED) is 0.144. The molecule has 0 saturated heterocycles. The second-order valence-corrected chi connectivity index (χ2v) is 12.2. The predicted octanol–water partition coefficient (Wildman–Crippen LogP) is -7.29. The van der Waals surface area contributed by atoms with Crippen molar-refractivity contribution in [2.24, 2.45) is 0 Å². The molecule has 0 amide bonds. The molecule has 0 aliphatic heterocycles. The number of quaternary nitrogens is 4. The van der Waals surface area contributed by atoms with Crippen molar-refractivity contribution < 1.29 is 76.7 Å². The number of hydrogen-bond donors (Lipinski definition) is 0. The van der Waals surface area contributed by atoms with Crippen molar-refractivity contribution in [3.8, 4) is 0 Å². The molecule has 216 valence electrons. The molecule has 34 heavy (non-hydrogen) atoms. The van der Waals surface area contributed by atoms with Crippen LogP contribution in [0.25, 0.3) is 0 Å². The highest BCUT2D eigenvalue weighted by molar-refractivity contribution is 4.44. The van der Waals surface area contributed by atoms with Crippen LogP contribution in [0.15, 0.2) is 0 Å². The van der Waals surface area contributed by atoms with Crippen molar-refractivity contribution in [1.82, 2.24) is 0 Å². The first kappa shape index (κ1) is 48.4. The lowest BCUT2D eigenvalue weighted by molar-refractivity contribution is -0.930. The number of nitrogens with zero attached hydrogens (tertiary/aromatic N) is 4. The molecule has 0 saturated carbocycles. The van der Waals surface area contributed by atoms with Crippen molar-refractivity contribution in [2.45, 2.75) is 66.2 Å². The van der Waals surface area contributed by atoms with Gasteiger partial charge in [-0.15, -0.1) is 0 Å². The zero-order chi connectivity index (χ0) is 23.9. The van der Waals surface area contributed by atoms with E-state index in [4.69, 9.17) is 0 Å². The van der Waals surface area contributed by atoms with Crippen LogP contribution >= 0.6 is 0 Å². The van der Waals surface area contributed by atoms with Gasteiger partial charge in [0.15, 0.2) is 0 Å². The summed E-state index contributed by atoms with van der Waals surface area (Å²) in [5, 5.41) is 0. The highest BCUT2D eigenvalue weighted by Crippen LogP contribution is 2.11. The highest BCUT2D eigenvalue weighted by Gasteiger charge is 2.23. The lowest BCUT2D eigenvalue weighted by Gasteiger charge is -2.37. The van der Waals surface area contributed by atoms with E-state index in [0.29, 0.717) is 0 Å². The van der Waals surface area contributed by atoms with Crippen LogP contribution in [0.3, 0.4) is 0 Å². The maximum Gasteiger partial charge on any atom is 0.0840 e. The van der Waals surface area contributed by atoms with Crippen LogP contribution in [-0.2, 0) is 0 Å². The summed E-state index contributed by atoms with van der Waals surface area (Å²) in [5.41, 5.74) is 0. The van der Waals surface area contributed by atoms with Gasteiger partial charge in [0.1, 0.15) is 0 Å². The minimum absolute atomic E-state index is 0. The molecule has 0 rings (SSSR count). The fraction of sp³-hybridized carbons (Fsp3) is 1.00. The van der Waals surface area contributed by atoms with Crippen molar-refractivity contribution in [3.05, 3.63) is 0 Å². The van der Waals surface area contributed by atoms with Gasteiger partial charge in [-0.1, -0.05) is 26.7 Å². The van der Waals surface area contributed by atoms with E-state index in [-0.39, 0.29) is 58.8 Å². The Bertz CT molecular complexity index is 409. The first-order chi connectivity index (χ1) is 13.7. The fourth-order valence-corrected chi connectivity index (χ4v) is 4.01. The van der Waals surface area contributed by atoms with E-state index >= 15 is 0 Å². The lowest BCUT2D eigenvalue weighted by Crippen LogP contribution is -3.00. The van der Waals surface area contributed by atoms with E-state index < -0.39 is 0 Å². The largest absolute Gasteiger partial charge is 1.00 e. The lowest BCUT2D eigenvalue weighted by atomic mass is 10.2. The Labute approximate surface area is 250 Å². The van der Waals surface area contributed by atoms with Gasteiger partial charge in [-0.05, 0) is 26.7 Å². The van der Waals surface area contributed by atoms with Crippen LogP contribution in [0.2, 0.25) is 0 Å². The van der Waals surface area contributed by atoms with E-state index in [0.717, 1.165) is 8.97 Å². The molecule has 0 aliphatic carbocycles. The third kappa shape index (κ3) is 31.4. The summed E-state index contributed by atoms with van der Waals surface area (Å²) in [6, 6.07) is 0. The minimum atomic E-state index is 0. The molecular formula is C26H64Br2Cl2N4. The average molecular weight is 664 g/mol. The van der Waals surface area contributed by atoms with Gasteiger partial charge in [-0.25, -0.2) is 0 Å². The van der Waals surface area contributed by atoms with Gasteiger partial charge < -0.3 is 76.7 Å². The molecule has 0 N–H and O–H groups in total. The Morgan fingerprint density at radius 3 is 1.03 bits per heavy atom. The van der Waals surface area contributed by atoms with E-state index in [1.165, 1.54) is 99.8 Å². The maximum atomic E-state index is 2.35. The van der Waals surface area contributed by atoms with Gasteiger partial charge in [0.25, 0.3) is 0 Å². The second kappa shape index (κ2) is 24.7. The van der Waals surface area contributed by atoms with E-state index in [1.807, 2.05) is 0 Å². The molecule has 0 atom stereocenters. The Kier molecular flexibility index (Phi) is 35.2. The summed E-state index contributed by atoms with van der Waals surface area (Å²) in [4.78, 5) is 0. The first-order valence-corrected chi connectivity index (χ1v) is 12.9. The molecule has 0 aromatic rings. The molecule has 0 aliphatic rings. The van der Waals surface area contributed by atoms with Crippen LogP contribution in [0.4, 0.5) is 0 Å². The first-order valence-electron chi connectivity index (χ1n) is 12.9. The average Bonchev–Trinajstić information content (AvgIpc) is 2.61. The van der Waals surface area contributed by atoms with Gasteiger partial charge in [-0.3, -0.25) is 0 Å². The third-order valence-corrected chi connectivity index (χ3v) is 6.50. The number of rotatable bonds is 16. The Morgan fingerprint density at radius 2 is 0.706 bits per heavy atom. The summed E-state index contributed by atoms with van der Waals surface area (Å²) >= 11 is 0. The topological polar surface area (TPSA) is 0 Å². The molecule has 0 bridgehead atoms. The van der Waals surface area contributed by atoms with Crippen LogP contribution in [-0.4, -0.2) is 127 Å². The van der Waals surface area contributed by atoms with Crippen molar-refractivity contribution in [2.75, 3.05) is 109 Å². The van der Waals surface area contributed by atoms with Gasteiger partial charge in [-0.2, -0.15) is 0 Å². The van der Waals surface area contributed by atoms with Crippen LogP contribution in [0.5, 0.6) is 0 Å². The molecule has 0 heterocycles. The minimum Gasteiger partial charge on any atom is -1.00 e. The number of hydrogen-bond acceptors (Lipinski definition) is 0. The zero-order valence-corrected chi connectivity index (χ0v) is 29.9. The van der Waals surface area contributed by atoms with Crippen LogP contribution in [0, 0.1) is 0 Å². The highest BCUT2D eigenvalue weighted by atomic mass is 79.9. The standard InChI is InChI=1S/C14H34N2.C12H30N2.2BrH.2ClH/c1-7-10-13-16(8-2,9-3)14-11-12-15(4,5)6;1-7-8-11-14(5,6)12-9-10-13(2,3)4;;;;/h7-14H2,1-6H3;7-12H2,1-6H3;4*1H/q2*+2;;;;/p-4. The normalized spacial score (nSPS) is 11.6. The molecule has 0 spiro atoms. The zero-order valence-electron chi connectivity index (χ0n) is 25.2. The molecule has 0 fully saturated rings. The number of halogens is 4. The van der Waals surface area contributed by atoms with Gasteiger partial charge in [0.05, 0.1) is 109 Å². The third-order valence-electron chi connectivity index (χ3n) is 6.50. The summed E-state index contributed by atoms with van der Waals surface area (Å²) in [7, 11) is 18.4. The fourth-order valence-electron chi connectivity index (χ4n) is 4.01. The molecule has 4 nitrogen and oxygen atoms in total. The van der Waals surface area contributed by atoms with Gasteiger partial charge in [0.2, 0.25) is 0 Å². The van der Waals surface area contributed by atoms with E-state index in [9.17, 15) is 0 Å². The Balaban J connectivity index is -0.000000104. The smallest absolute Gasteiger partial charge is 0.0840 e. The monoisotopic (exact) mass is 660 g/mol. The summed E-state index contributed by atoms with van der Waals surface area (Å²) in [5.74, 6) is 0. The van der Waals surface area contributed by atoms with Crippen molar-refractivity contribution in [3.63, 3.8) is 0 Å². The van der Waals surface area contributed by atoms with E-state index in [2.05, 4.69) is 84.1 Å². The molecule has 8 heteroatoms. The summed E-state index contributed by atoms with van der Waals surface area (Å²) in [6.07, 6.45) is 8.07. The van der Waals surface area contributed by atoms with E-state index in [1.54, 1.807) is 0 Å². The molecule has 0 aromatic heterocycles. The summed E-state index contributed by atoms with van der Waals surface area (Å²) < 4.78 is 4.71. The van der Waals surface area contributed by atoms with Crippen LogP contribution in [0.1, 0.15) is 66.2 Å². The maximum absolute atomic E-state index is 2.35. The predicted molar refractivity (Wildman–Crippen MR) is 138 cm³/mol. The van der Waals surface area contributed by atoms with Gasteiger partial charge >= 0.3 is 0 Å². The molecule has 0 aromatic carbocycles. The number of unbranched alkanes of at least 4 members (excludes halogenated alkanes) is 2. The van der Waals surface area contributed by atoms with Crippen LogP contribution < -0.4 is 58.8 Å². The molecule has 0 unspecified atom stereocenters. The van der Waals surface area contributed by atoms with Crippen molar-refractivity contribution in [1.29, 1.82) is 0 Å².